The highest BCUT2D eigenvalue weighted by atomic mass is 16.7. The summed E-state index contributed by atoms with van der Waals surface area (Å²) in [6, 6.07) is 9.20. The van der Waals surface area contributed by atoms with Gasteiger partial charge in [-0.2, -0.15) is 0 Å². The summed E-state index contributed by atoms with van der Waals surface area (Å²) < 4.78 is 16.4. The standard InChI is InChI=1S/C23H34O7/c1-2-3-4-5-6-10-15-28-23-21(27)20(26)22(18(16-24)29-23)30-19(25)14-13-17-11-8-7-9-12-17/h7-9,11-14,18,20-24,26-27H,2-6,10,15-16H2,1H3/b14-13+/t18-,20-,21-,22-,23-/m1/s1. The lowest BCUT2D eigenvalue weighted by molar-refractivity contribution is -0.302. The Kier molecular flexibility index (Phi) is 11.0. The van der Waals surface area contributed by atoms with E-state index in [1.54, 1.807) is 6.08 Å². The highest BCUT2D eigenvalue weighted by molar-refractivity contribution is 5.87. The average molecular weight is 423 g/mol. The summed E-state index contributed by atoms with van der Waals surface area (Å²) in [5.41, 5.74) is 0.816. The number of aliphatic hydroxyl groups excluding tert-OH is 3. The lowest BCUT2D eigenvalue weighted by Gasteiger charge is -2.41. The first-order valence-electron chi connectivity index (χ1n) is 10.7. The molecule has 0 unspecified atom stereocenters. The van der Waals surface area contributed by atoms with Crippen molar-refractivity contribution in [2.45, 2.75) is 76.2 Å². The number of esters is 1. The van der Waals surface area contributed by atoms with Crippen LogP contribution >= 0.6 is 0 Å². The Morgan fingerprint density at radius 1 is 1.07 bits per heavy atom. The van der Waals surface area contributed by atoms with Crippen LogP contribution in [0.25, 0.3) is 6.08 Å². The molecule has 0 bridgehead atoms. The van der Waals surface area contributed by atoms with Crippen LogP contribution in [0.1, 0.15) is 51.0 Å². The smallest absolute Gasteiger partial charge is 0.331 e. The van der Waals surface area contributed by atoms with E-state index in [0.29, 0.717) is 6.61 Å². The molecule has 1 aromatic carbocycles. The molecule has 0 spiro atoms. The summed E-state index contributed by atoms with van der Waals surface area (Å²) in [6.45, 7) is 2.06. The van der Waals surface area contributed by atoms with Crippen molar-refractivity contribution in [2.24, 2.45) is 0 Å². The molecule has 0 saturated carbocycles. The highest BCUT2D eigenvalue weighted by Gasteiger charge is 2.46. The van der Waals surface area contributed by atoms with Crippen molar-refractivity contribution in [1.82, 2.24) is 0 Å². The van der Waals surface area contributed by atoms with Gasteiger partial charge in [0.1, 0.15) is 18.3 Å². The minimum Gasteiger partial charge on any atom is -0.453 e. The Morgan fingerprint density at radius 2 is 1.77 bits per heavy atom. The number of aliphatic hydroxyl groups is 3. The largest absolute Gasteiger partial charge is 0.453 e. The SMILES string of the molecule is CCCCCCCCO[C@@H]1O[C@H](CO)[C@@H](OC(=O)/C=C/c2ccccc2)[C@H](O)[C@H]1O. The predicted molar refractivity (Wildman–Crippen MR) is 112 cm³/mol. The Balaban J connectivity index is 1.82. The van der Waals surface area contributed by atoms with Crippen LogP contribution < -0.4 is 0 Å². The van der Waals surface area contributed by atoms with E-state index in [1.807, 2.05) is 30.3 Å². The Hall–Kier alpha value is -1.77. The Morgan fingerprint density at radius 3 is 2.47 bits per heavy atom. The van der Waals surface area contributed by atoms with Crippen molar-refractivity contribution in [3.8, 4) is 0 Å². The van der Waals surface area contributed by atoms with E-state index in [-0.39, 0.29) is 0 Å². The molecular formula is C23H34O7. The van der Waals surface area contributed by atoms with Crippen LogP contribution in [0.4, 0.5) is 0 Å². The van der Waals surface area contributed by atoms with Crippen molar-refractivity contribution in [1.29, 1.82) is 0 Å². The first-order valence-corrected chi connectivity index (χ1v) is 10.7. The zero-order valence-electron chi connectivity index (χ0n) is 17.6. The molecule has 1 aliphatic heterocycles. The summed E-state index contributed by atoms with van der Waals surface area (Å²) in [7, 11) is 0. The third kappa shape index (κ3) is 7.81. The zero-order chi connectivity index (χ0) is 21.8. The number of ether oxygens (including phenoxy) is 3. The van der Waals surface area contributed by atoms with Crippen molar-refractivity contribution in [3.63, 3.8) is 0 Å². The molecule has 1 fully saturated rings. The van der Waals surface area contributed by atoms with E-state index in [2.05, 4.69) is 6.92 Å². The van der Waals surface area contributed by atoms with Gasteiger partial charge in [-0.25, -0.2) is 4.79 Å². The number of carbonyl (C=O) groups excluding carboxylic acids is 1. The zero-order valence-corrected chi connectivity index (χ0v) is 17.6. The Bertz CT molecular complexity index is 632. The third-order valence-electron chi connectivity index (χ3n) is 5.06. The van der Waals surface area contributed by atoms with Crippen LogP contribution in [-0.4, -0.2) is 65.2 Å². The van der Waals surface area contributed by atoms with Gasteiger partial charge in [0.2, 0.25) is 0 Å². The second kappa shape index (κ2) is 13.5. The molecule has 30 heavy (non-hydrogen) atoms. The van der Waals surface area contributed by atoms with E-state index < -0.39 is 43.3 Å². The minimum absolute atomic E-state index is 0.378. The molecule has 0 aliphatic carbocycles. The van der Waals surface area contributed by atoms with Crippen molar-refractivity contribution in [3.05, 3.63) is 42.0 Å². The molecule has 1 heterocycles. The molecule has 7 nitrogen and oxygen atoms in total. The normalized spacial score (nSPS) is 26.7. The van der Waals surface area contributed by atoms with E-state index in [4.69, 9.17) is 14.2 Å². The fourth-order valence-electron chi connectivity index (χ4n) is 3.32. The molecule has 3 N–H and O–H groups in total. The van der Waals surface area contributed by atoms with Crippen molar-refractivity contribution >= 4 is 12.0 Å². The number of unbranched alkanes of at least 4 members (excludes halogenated alkanes) is 5. The molecule has 2 rings (SSSR count). The molecule has 0 amide bonds. The van der Waals surface area contributed by atoms with Crippen LogP contribution in [0.5, 0.6) is 0 Å². The molecular weight excluding hydrogens is 388 g/mol. The number of benzene rings is 1. The molecule has 7 heteroatoms. The summed E-state index contributed by atoms with van der Waals surface area (Å²) in [5.74, 6) is -0.705. The molecule has 0 radical (unpaired) electrons. The molecule has 1 saturated heterocycles. The van der Waals surface area contributed by atoms with Crippen molar-refractivity contribution < 1.29 is 34.3 Å². The predicted octanol–water partition coefficient (Wildman–Crippen LogP) is 2.43. The van der Waals surface area contributed by atoms with Gasteiger partial charge in [-0.05, 0) is 18.1 Å². The fraction of sp³-hybridized carbons (Fsp3) is 0.609. The summed E-state index contributed by atoms with van der Waals surface area (Å²) >= 11 is 0. The minimum atomic E-state index is -1.43. The monoisotopic (exact) mass is 422 g/mol. The van der Waals surface area contributed by atoms with Crippen LogP contribution in [0.2, 0.25) is 0 Å². The number of carbonyl (C=O) groups is 1. The maximum Gasteiger partial charge on any atom is 0.331 e. The van der Waals surface area contributed by atoms with Gasteiger partial charge in [-0.3, -0.25) is 0 Å². The summed E-state index contributed by atoms with van der Waals surface area (Å²) in [4.78, 5) is 12.1. The van der Waals surface area contributed by atoms with Gasteiger partial charge < -0.3 is 29.5 Å². The third-order valence-corrected chi connectivity index (χ3v) is 5.06. The molecule has 5 atom stereocenters. The molecule has 1 aliphatic rings. The van der Waals surface area contributed by atoms with Gasteiger partial charge in [0.05, 0.1) is 6.61 Å². The van der Waals surface area contributed by atoms with Crippen LogP contribution in [-0.2, 0) is 19.0 Å². The van der Waals surface area contributed by atoms with E-state index in [0.717, 1.165) is 24.8 Å². The van der Waals surface area contributed by atoms with E-state index in [9.17, 15) is 20.1 Å². The summed E-state index contributed by atoms with van der Waals surface area (Å²) in [6.07, 6.45) is 3.27. The van der Waals surface area contributed by atoms with Gasteiger partial charge in [0.25, 0.3) is 0 Å². The number of hydrogen-bond donors (Lipinski definition) is 3. The first kappa shape index (κ1) is 24.5. The number of hydrogen-bond acceptors (Lipinski definition) is 7. The first-order chi connectivity index (χ1) is 14.6. The van der Waals surface area contributed by atoms with Crippen molar-refractivity contribution in [2.75, 3.05) is 13.2 Å². The maximum absolute atomic E-state index is 12.1. The topological polar surface area (TPSA) is 105 Å². The van der Waals surface area contributed by atoms with Gasteiger partial charge in [0, 0.05) is 12.7 Å². The van der Waals surface area contributed by atoms with Gasteiger partial charge in [-0.15, -0.1) is 0 Å². The molecule has 0 aromatic heterocycles. The Labute approximate surface area is 178 Å². The second-order valence-corrected chi connectivity index (χ2v) is 7.49. The summed E-state index contributed by atoms with van der Waals surface area (Å²) in [5, 5.41) is 30.4. The van der Waals surface area contributed by atoms with E-state index >= 15 is 0 Å². The quantitative estimate of drug-likeness (QED) is 0.270. The van der Waals surface area contributed by atoms with E-state index in [1.165, 1.54) is 25.3 Å². The second-order valence-electron chi connectivity index (χ2n) is 7.49. The maximum atomic E-state index is 12.1. The average Bonchev–Trinajstić information content (AvgIpc) is 2.77. The van der Waals surface area contributed by atoms with Gasteiger partial charge in [-0.1, -0.05) is 69.4 Å². The number of rotatable bonds is 12. The lowest BCUT2D eigenvalue weighted by atomic mass is 9.99. The molecule has 168 valence electrons. The van der Waals surface area contributed by atoms with Crippen LogP contribution in [0, 0.1) is 0 Å². The fourth-order valence-corrected chi connectivity index (χ4v) is 3.32. The highest BCUT2D eigenvalue weighted by Crippen LogP contribution is 2.25. The van der Waals surface area contributed by atoms with Gasteiger partial charge in [0.15, 0.2) is 12.4 Å². The lowest BCUT2D eigenvalue weighted by Crippen LogP contribution is -2.60. The van der Waals surface area contributed by atoms with Crippen LogP contribution in [0.3, 0.4) is 0 Å². The van der Waals surface area contributed by atoms with Gasteiger partial charge >= 0.3 is 5.97 Å². The molecule has 1 aromatic rings. The van der Waals surface area contributed by atoms with Crippen LogP contribution in [0.15, 0.2) is 36.4 Å².